The minimum atomic E-state index is -0.217. The molecule has 18 heavy (non-hydrogen) atoms. The second-order valence-electron chi connectivity index (χ2n) is 5.72. The Labute approximate surface area is 111 Å². The van der Waals surface area contributed by atoms with Gasteiger partial charge in [0.15, 0.2) is 0 Å². The van der Waals surface area contributed by atoms with Gasteiger partial charge in [0, 0.05) is 37.2 Å². The Bertz CT molecular complexity index is 239. The first kappa shape index (κ1) is 17.4. The van der Waals surface area contributed by atoms with Crippen molar-refractivity contribution in [3.63, 3.8) is 0 Å². The van der Waals surface area contributed by atoms with Crippen LogP contribution < -0.4 is 16.4 Å². The van der Waals surface area contributed by atoms with E-state index in [2.05, 4.69) is 17.6 Å². The molecule has 5 heteroatoms. The van der Waals surface area contributed by atoms with E-state index in [1.807, 2.05) is 20.8 Å². The topological polar surface area (TPSA) is 87.4 Å². The number of hydrogen-bond donors (Lipinski definition) is 4. The van der Waals surface area contributed by atoms with Gasteiger partial charge in [-0.2, -0.15) is 0 Å². The summed E-state index contributed by atoms with van der Waals surface area (Å²) in [4.78, 5) is 11.8. The van der Waals surface area contributed by atoms with Gasteiger partial charge in [-0.3, -0.25) is 4.79 Å². The van der Waals surface area contributed by atoms with E-state index >= 15 is 0 Å². The number of rotatable bonds is 8. The van der Waals surface area contributed by atoms with Gasteiger partial charge in [0.2, 0.25) is 5.91 Å². The molecule has 0 rings (SSSR count). The Morgan fingerprint density at radius 2 is 1.94 bits per heavy atom. The van der Waals surface area contributed by atoms with E-state index in [0.29, 0.717) is 19.4 Å². The summed E-state index contributed by atoms with van der Waals surface area (Å²) in [7, 11) is 0. The first-order chi connectivity index (χ1) is 8.32. The van der Waals surface area contributed by atoms with Gasteiger partial charge < -0.3 is 21.5 Å². The Balaban J connectivity index is 4.21. The van der Waals surface area contributed by atoms with Crippen molar-refractivity contribution in [2.24, 2.45) is 5.73 Å². The average molecular weight is 259 g/mol. The zero-order valence-electron chi connectivity index (χ0n) is 12.1. The van der Waals surface area contributed by atoms with Crippen LogP contribution in [0.3, 0.4) is 0 Å². The molecule has 5 N–H and O–H groups in total. The molecule has 2 atom stereocenters. The van der Waals surface area contributed by atoms with E-state index in [1.54, 1.807) is 0 Å². The van der Waals surface area contributed by atoms with E-state index < -0.39 is 0 Å². The molecule has 0 aromatic rings. The molecule has 0 spiro atoms. The van der Waals surface area contributed by atoms with Crippen LogP contribution in [-0.2, 0) is 4.79 Å². The molecule has 0 aliphatic rings. The van der Waals surface area contributed by atoms with Crippen molar-refractivity contribution in [1.29, 1.82) is 0 Å². The van der Waals surface area contributed by atoms with Crippen molar-refractivity contribution in [2.45, 2.75) is 64.6 Å². The molecule has 0 fully saturated rings. The number of carbonyl (C=O) groups is 1. The quantitative estimate of drug-likeness (QED) is 0.507. The molecule has 0 aromatic heterocycles. The number of nitrogens with one attached hydrogen (secondary N) is 2. The lowest BCUT2D eigenvalue weighted by molar-refractivity contribution is -0.123. The lowest BCUT2D eigenvalue weighted by Gasteiger charge is -2.26. The SMILES string of the molecule is CCC(CCO)NC(CN)CC(=O)NC(C)(C)C. The van der Waals surface area contributed by atoms with Gasteiger partial charge in [-0.15, -0.1) is 0 Å². The summed E-state index contributed by atoms with van der Waals surface area (Å²) in [6.45, 7) is 8.48. The maximum absolute atomic E-state index is 11.8. The van der Waals surface area contributed by atoms with Crippen molar-refractivity contribution in [1.82, 2.24) is 10.6 Å². The second-order valence-corrected chi connectivity index (χ2v) is 5.72. The lowest BCUT2D eigenvalue weighted by Crippen LogP contribution is -2.48. The predicted molar refractivity (Wildman–Crippen MR) is 74.3 cm³/mol. The maximum Gasteiger partial charge on any atom is 0.222 e. The summed E-state index contributed by atoms with van der Waals surface area (Å²) in [5.74, 6) is 0.00398. The van der Waals surface area contributed by atoms with Gasteiger partial charge in [0.1, 0.15) is 0 Å². The number of carbonyl (C=O) groups excluding carboxylic acids is 1. The molecule has 0 radical (unpaired) electrons. The van der Waals surface area contributed by atoms with E-state index in [-0.39, 0.29) is 30.1 Å². The van der Waals surface area contributed by atoms with Crippen LogP contribution in [0.4, 0.5) is 0 Å². The molecule has 108 valence electrons. The van der Waals surface area contributed by atoms with E-state index in [0.717, 1.165) is 6.42 Å². The van der Waals surface area contributed by atoms with E-state index in [1.165, 1.54) is 0 Å². The van der Waals surface area contributed by atoms with Crippen LogP contribution in [0.15, 0.2) is 0 Å². The molecule has 0 saturated heterocycles. The van der Waals surface area contributed by atoms with Crippen molar-refractivity contribution in [3.8, 4) is 0 Å². The van der Waals surface area contributed by atoms with Gasteiger partial charge in [-0.05, 0) is 33.6 Å². The fraction of sp³-hybridized carbons (Fsp3) is 0.923. The molecule has 0 heterocycles. The Kier molecular flexibility index (Phi) is 8.15. The van der Waals surface area contributed by atoms with Crippen molar-refractivity contribution >= 4 is 5.91 Å². The first-order valence-corrected chi connectivity index (χ1v) is 6.70. The molecular weight excluding hydrogens is 230 g/mol. The van der Waals surface area contributed by atoms with Gasteiger partial charge in [-0.1, -0.05) is 6.92 Å². The van der Waals surface area contributed by atoms with Crippen LogP contribution in [0, 0.1) is 0 Å². The number of hydrogen-bond acceptors (Lipinski definition) is 4. The Morgan fingerprint density at radius 1 is 1.33 bits per heavy atom. The van der Waals surface area contributed by atoms with Crippen LogP contribution in [0.25, 0.3) is 0 Å². The molecule has 1 amide bonds. The van der Waals surface area contributed by atoms with Crippen LogP contribution in [-0.4, -0.2) is 41.8 Å². The van der Waals surface area contributed by atoms with Crippen LogP contribution in [0.5, 0.6) is 0 Å². The Morgan fingerprint density at radius 3 is 2.33 bits per heavy atom. The van der Waals surface area contributed by atoms with Gasteiger partial charge in [0.05, 0.1) is 0 Å². The molecule has 2 unspecified atom stereocenters. The highest BCUT2D eigenvalue weighted by Gasteiger charge is 2.19. The molecule has 0 bridgehead atoms. The highest BCUT2D eigenvalue weighted by atomic mass is 16.3. The standard InChI is InChI=1S/C13H29N3O2/c1-5-10(6-7-17)15-11(9-14)8-12(18)16-13(2,3)4/h10-11,15,17H,5-9,14H2,1-4H3,(H,16,18). The number of amides is 1. The summed E-state index contributed by atoms with van der Waals surface area (Å²) < 4.78 is 0. The third-order valence-corrected chi connectivity index (χ3v) is 2.67. The minimum absolute atomic E-state index is 0.00398. The van der Waals surface area contributed by atoms with Gasteiger partial charge >= 0.3 is 0 Å². The monoisotopic (exact) mass is 259 g/mol. The third kappa shape index (κ3) is 8.44. The average Bonchev–Trinajstić information content (AvgIpc) is 2.24. The van der Waals surface area contributed by atoms with E-state index in [4.69, 9.17) is 10.8 Å². The second kappa shape index (κ2) is 8.45. The van der Waals surface area contributed by atoms with Gasteiger partial charge in [-0.25, -0.2) is 0 Å². The highest BCUT2D eigenvalue weighted by molar-refractivity contribution is 5.77. The van der Waals surface area contributed by atoms with Crippen LogP contribution in [0.2, 0.25) is 0 Å². The van der Waals surface area contributed by atoms with Crippen molar-refractivity contribution < 1.29 is 9.90 Å². The molecule has 0 aliphatic heterocycles. The third-order valence-electron chi connectivity index (χ3n) is 2.67. The molecule has 5 nitrogen and oxygen atoms in total. The predicted octanol–water partition coefficient (Wildman–Crippen LogP) is 0.369. The van der Waals surface area contributed by atoms with Crippen LogP contribution >= 0.6 is 0 Å². The summed E-state index contributed by atoms with van der Waals surface area (Å²) in [6.07, 6.45) is 1.97. The van der Waals surface area contributed by atoms with Crippen LogP contribution in [0.1, 0.15) is 47.0 Å². The van der Waals surface area contributed by atoms with Crippen molar-refractivity contribution in [3.05, 3.63) is 0 Å². The molecule has 0 saturated carbocycles. The van der Waals surface area contributed by atoms with Crippen molar-refractivity contribution in [2.75, 3.05) is 13.2 Å². The minimum Gasteiger partial charge on any atom is -0.396 e. The number of aliphatic hydroxyl groups is 1. The summed E-state index contributed by atoms with van der Waals surface area (Å²) in [5.41, 5.74) is 5.46. The molecule has 0 aromatic carbocycles. The normalized spacial score (nSPS) is 15.2. The Hall–Kier alpha value is -0.650. The fourth-order valence-corrected chi connectivity index (χ4v) is 1.80. The largest absolute Gasteiger partial charge is 0.396 e. The first-order valence-electron chi connectivity index (χ1n) is 6.70. The summed E-state index contributed by atoms with van der Waals surface area (Å²) in [6, 6.07) is 0.176. The van der Waals surface area contributed by atoms with Gasteiger partial charge in [0.25, 0.3) is 0 Å². The number of nitrogens with two attached hydrogens (primary N) is 1. The highest BCUT2D eigenvalue weighted by Crippen LogP contribution is 2.03. The smallest absolute Gasteiger partial charge is 0.222 e. The lowest BCUT2D eigenvalue weighted by atomic mass is 10.1. The van der Waals surface area contributed by atoms with E-state index in [9.17, 15) is 4.79 Å². The maximum atomic E-state index is 11.8. The summed E-state index contributed by atoms with van der Waals surface area (Å²) in [5, 5.41) is 15.2. The molecular formula is C13H29N3O2. The molecule has 0 aliphatic carbocycles. The zero-order chi connectivity index (χ0) is 14.2. The number of aliphatic hydroxyl groups excluding tert-OH is 1. The summed E-state index contributed by atoms with van der Waals surface area (Å²) >= 11 is 0. The fourth-order valence-electron chi connectivity index (χ4n) is 1.80. The zero-order valence-corrected chi connectivity index (χ0v) is 12.1.